The number of aryl methyl sites for hydroxylation is 1. The third-order valence-corrected chi connectivity index (χ3v) is 6.78. The fraction of sp³-hybridized carbons (Fsp3) is 0.300. The molecular weight excluding hydrogens is 408 g/mol. The Kier molecular flexibility index (Phi) is 6.83. The Morgan fingerprint density at radius 1 is 1.10 bits per heavy atom. The average Bonchev–Trinajstić information content (AvgIpc) is 2.73. The highest BCUT2D eigenvalue weighted by Gasteiger charge is 2.25. The van der Waals surface area contributed by atoms with E-state index in [9.17, 15) is 13.2 Å². The lowest BCUT2D eigenvalue weighted by atomic mass is 10.2. The van der Waals surface area contributed by atoms with Gasteiger partial charge in [0.15, 0.2) is 5.11 Å². The molecule has 1 aliphatic rings. The highest BCUT2D eigenvalue weighted by atomic mass is 32.2. The number of hydrazine groups is 1. The van der Waals surface area contributed by atoms with E-state index in [1.54, 1.807) is 30.3 Å². The van der Waals surface area contributed by atoms with Gasteiger partial charge in [0.25, 0.3) is 0 Å². The molecule has 7 nitrogen and oxygen atoms in total. The summed E-state index contributed by atoms with van der Waals surface area (Å²) in [6.45, 7) is 3.07. The molecule has 3 rings (SSSR count). The number of hydrogen-bond donors (Lipinski definition) is 2. The molecule has 1 amide bonds. The van der Waals surface area contributed by atoms with E-state index in [0.717, 1.165) is 24.8 Å². The molecule has 1 saturated heterocycles. The molecule has 0 spiro atoms. The summed E-state index contributed by atoms with van der Waals surface area (Å²) >= 11 is 5.27. The van der Waals surface area contributed by atoms with Crippen LogP contribution in [0, 0.1) is 6.92 Å². The minimum Gasteiger partial charge on any atom is -0.331 e. The zero-order valence-corrected chi connectivity index (χ0v) is 17.8. The summed E-state index contributed by atoms with van der Waals surface area (Å²) in [6.07, 6.45) is 3.50. The SMILES string of the molecule is Cc1cccc(N(C=O)NC(=S)Nc2ccc(S(=O)(=O)N3CCCCC3)cc2)c1. The van der Waals surface area contributed by atoms with Gasteiger partial charge in [0.1, 0.15) is 0 Å². The third kappa shape index (κ3) is 5.31. The predicted octanol–water partition coefficient (Wildman–Crippen LogP) is 3.03. The lowest BCUT2D eigenvalue weighted by Gasteiger charge is -2.26. The molecule has 0 aromatic heterocycles. The second-order valence-electron chi connectivity index (χ2n) is 6.87. The fourth-order valence-electron chi connectivity index (χ4n) is 3.16. The zero-order chi connectivity index (χ0) is 20.9. The number of nitrogens with one attached hydrogen (secondary N) is 2. The van der Waals surface area contributed by atoms with Gasteiger partial charge in [-0.05, 0) is 73.9 Å². The molecule has 29 heavy (non-hydrogen) atoms. The Labute approximate surface area is 176 Å². The Balaban J connectivity index is 1.64. The van der Waals surface area contributed by atoms with Crippen LogP contribution in [0.15, 0.2) is 53.4 Å². The van der Waals surface area contributed by atoms with Crippen molar-refractivity contribution < 1.29 is 13.2 Å². The number of benzene rings is 2. The molecule has 1 heterocycles. The summed E-state index contributed by atoms with van der Waals surface area (Å²) in [5.41, 5.74) is 5.11. The lowest BCUT2D eigenvalue weighted by molar-refractivity contribution is -0.107. The van der Waals surface area contributed by atoms with Crippen molar-refractivity contribution in [2.75, 3.05) is 23.4 Å². The van der Waals surface area contributed by atoms with Crippen molar-refractivity contribution in [3.05, 3.63) is 54.1 Å². The second kappa shape index (κ2) is 9.34. The summed E-state index contributed by atoms with van der Waals surface area (Å²) in [6, 6.07) is 13.9. The number of carbonyl (C=O) groups is 1. The first-order chi connectivity index (χ1) is 13.9. The largest absolute Gasteiger partial charge is 0.331 e. The minimum atomic E-state index is -3.47. The van der Waals surface area contributed by atoms with E-state index < -0.39 is 10.0 Å². The fourth-order valence-corrected chi connectivity index (χ4v) is 4.90. The van der Waals surface area contributed by atoms with Crippen LogP contribution in [-0.2, 0) is 14.8 Å². The van der Waals surface area contributed by atoms with Crippen LogP contribution in [0.2, 0.25) is 0 Å². The van der Waals surface area contributed by atoms with Crippen LogP contribution in [0.25, 0.3) is 0 Å². The number of piperidine rings is 1. The van der Waals surface area contributed by atoms with Gasteiger partial charge in [-0.2, -0.15) is 4.31 Å². The maximum absolute atomic E-state index is 12.7. The van der Waals surface area contributed by atoms with E-state index in [1.807, 2.05) is 25.1 Å². The summed E-state index contributed by atoms with van der Waals surface area (Å²) in [5.74, 6) is 0. The molecular formula is C20H24N4O3S2. The van der Waals surface area contributed by atoms with Gasteiger partial charge in [-0.1, -0.05) is 18.6 Å². The van der Waals surface area contributed by atoms with E-state index in [4.69, 9.17) is 12.2 Å². The Bertz CT molecular complexity index is 971. The van der Waals surface area contributed by atoms with Crippen molar-refractivity contribution >= 4 is 45.1 Å². The van der Waals surface area contributed by atoms with Gasteiger partial charge < -0.3 is 5.32 Å². The number of carbonyl (C=O) groups excluding carboxylic acids is 1. The molecule has 9 heteroatoms. The molecule has 154 valence electrons. The topological polar surface area (TPSA) is 81.8 Å². The number of amides is 1. The maximum Gasteiger partial charge on any atom is 0.243 e. The summed E-state index contributed by atoms with van der Waals surface area (Å²) in [4.78, 5) is 11.7. The normalized spacial score (nSPS) is 14.8. The quantitative estimate of drug-likeness (QED) is 0.415. The standard InChI is InChI=1S/C20H24N4O3S2/c1-16-6-5-7-18(14-16)24(15-25)22-20(28)21-17-8-10-19(11-9-17)29(26,27)23-12-3-2-4-13-23/h5-11,14-15H,2-4,12-13H2,1H3,(H2,21,22,28). The number of nitrogens with zero attached hydrogens (tertiary/aromatic N) is 2. The number of hydrogen-bond acceptors (Lipinski definition) is 4. The van der Waals surface area contributed by atoms with Crippen LogP contribution in [0.5, 0.6) is 0 Å². The molecule has 0 bridgehead atoms. The van der Waals surface area contributed by atoms with E-state index in [-0.39, 0.29) is 10.0 Å². The van der Waals surface area contributed by atoms with Crippen LogP contribution in [0.4, 0.5) is 11.4 Å². The highest BCUT2D eigenvalue weighted by Crippen LogP contribution is 2.22. The van der Waals surface area contributed by atoms with Crippen molar-refractivity contribution in [1.82, 2.24) is 9.73 Å². The second-order valence-corrected chi connectivity index (χ2v) is 9.22. The minimum absolute atomic E-state index is 0.213. The lowest BCUT2D eigenvalue weighted by Crippen LogP contribution is -2.43. The molecule has 0 aliphatic carbocycles. The van der Waals surface area contributed by atoms with Crippen LogP contribution in [0.1, 0.15) is 24.8 Å². The maximum atomic E-state index is 12.7. The number of rotatable bonds is 6. The zero-order valence-electron chi connectivity index (χ0n) is 16.2. The van der Waals surface area contributed by atoms with Crippen molar-refractivity contribution in [1.29, 1.82) is 0 Å². The van der Waals surface area contributed by atoms with Gasteiger partial charge in [-0.25, -0.2) is 13.4 Å². The molecule has 1 aliphatic heterocycles. The van der Waals surface area contributed by atoms with Gasteiger partial charge in [0, 0.05) is 18.8 Å². The van der Waals surface area contributed by atoms with Gasteiger partial charge in [-0.15, -0.1) is 0 Å². The molecule has 0 radical (unpaired) electrons. The average molecular weight is 433 g/mol. The predicted molar refractivity (Wildman–Crippen MR) is 118 cm³/mol. The van der Waals surface area contributed by atoms with Gasteiger partial charge in [-0.3, -0.25) is 10.2 Å². The van der Waals surface area contributed by atoms with Crippen LogP contribution < -0.4 is 15.8 Å². The van der Waals surface area contributed by atoms with E-state index in [1.165, 1.54) is 9.31 Å². The molecule has 1 fully saturated rings. The summed E-state index contributed by atoms with van der Waals surface area (Å²) in [7, 11) is -3.47. The molecule has 0 unspecified atom stereocenters. The van der Waals surface area contributed by atoms with E-state index in [0.29, 0.717) is 30.9 Å². The van der Waals surface area contributed by atoms with Gasteiger partial charge in [0.2, 0.25) is 16.4 Å². The van der Waals surface area contributed by atoms with Gasteiger partial charge >= 0.3 is 0 Å². The Morgan fingerprint density at radius 3 is 2.41 bits per heavy atom. The van der Waals surface area contributed by atoms with Crippen LogP contribution in [0.3, 0.4) is 0 Å². The van der Waals surface area contributed by atoms with E-state index in [2.05, 4.69) is 10.7 Å². The molecule has 0 saturated carbocycles. The van der Waals surface area contributed by atoms with Crippen molar-refractivity contribution in [3.8, 4) is 0 Å². The van der Waals surface area contributed by atoms with Crippen molar-refractivity contribution in [2.45, 2.75) is 31.1 Å². The Morgan fingerprint density at radius 2 is 1.79 bits per heavy atom. The van der Waals surface area contributed by atoms with Crippen molar-refractivity contribution in [2.24, 2.45) is 0 Å². The first-order valence-electron chi connectivity index (χ1n) is 9.39. The summed E-state index contributed by atoms with van der Waals surface area (Å²) in [5, 5.41) is 4.45. The number of thiocarbonyl (C=S) groups is 1. The first kappa shape index (κ1) is 21.2. The first-order valence-corrected chi connectivity index (χ1v) is 11.2. The highest BCUT2D eigenvalue weighted by molar-refractivity contribution is 7.89. The monoisotopic (exact) mass is 432 g/mol. The molecule has 2 aromatic rings. The van der Waals surface area contributed by atoms with E-state index >= 15 is 0 Å². The van der Waals surface area contributed by atoms with Gasteiger partial charge in [0.05, 0.1) is 10.6 Å². The third-order valence-electron chi connectivity index (χ3n) is 4.67. The van der Waals surface area contributed by atoms with Crippen LogP contribution >= 0.6 is 12.2 Å². The molecule has 2 aromatic carbocycles. The smallest absolute Gasteiger partial charge is 0.243 e. The number of anilines is 2. The number of sulfonamides is 1. The molecule has 2 N–H and O–H groups in total. The molecule has 0 atom stereocenters. The van der Waals surface area contributed by atoms with Crippen molar-refractivity contribution in [3.63, 3.8) is 0 Å². The van der Waals surface area contributed by atoms with Crippen LogP contribution in [-0.4, -0.2) is 37.3 Å². The Hall–Kier alpha value is -2.49. The summed E-state index contributed by atoms with van der Waals surface area (Å²) < 4.78 is 27.0.